The molecule has 2 N–H and O–H groups in total. The minimum atomic E-state index is -0.753. The number of carboxylic acid groups (broad SMARTS) is 1. The normalized spacial score (nSPS) is 18.1. The molecule has 4 heteroatoms. The van der Waals surface area contributed by atoms with Crippen molar-refractivity contribution < 1.29 is 14.6 Å². The number of carboxylic acids is 1. The molecule has 0 saturated heterocycles. The van der Waals surface area contributed by atoms with E-state index in [2.05, 4.69) is 5.32 Å². The molecular weight excluding hydrogens is 182 g/mol. The van der Waals surface area contributed by atoms with Gasteiger partial charge in [0.15, 0.2) is 0 Å². The average Bonchev–Trinajstić information content (AvgIpc) is 2.94. The van der Waals surface area contributed by atoms with Gasteiger partial charge in [-0.15, -0.1) is 0 Å². The van der Waals surface area contributed by atoms with E-state index in [1.165, 1.54) is 12.8 Å². The average molecular weight is 201 g/mol. The molecule has 1 saturated carbocycles. The highest BCUT2D eigenvalue weighted by molar-refractivity contribution is 5.69. The molecule has 0 bridgehead atoms. The predicted octanol–water partition coefficient (Wildman–Crippen LogP) is 0.723. The molecule has 1 atom stereocenters. The minimum absolute atomic E-state index is 0.321. The van der Waals surface area contributed by atoms with E-state index in [1.807, 2.05) is 0 Å². The number of aliphatic carboxylic acids is 1. The van der Waals surface area contributed by atoms with Gasteiger partial charge in [-0.05, 0) is 18.8 Å². The van der Waals surface area contributed by atoms with Crippen molar-refractivity contribution in [3.05, 3.63) is 0 Å². The van der Waals surface area contributed by atoms with Crippen molar-refractivity contribution in [2.45, 2.75) is 19.8 Å². The standard InChI is InChI=1S/C10H19NO3/c1-8(10(12)13)6-11-4-5-14-7-9-2-3-9/h8-9,11H,2-7H2,1H3,(H,12,13). The fraction of sp³-hybridized carbons (Fsp3) is 0.900. The van der Waals surface area contributed by atoms with E-state index in [-0.39, 0.29) is 5.92 Å². The second-order valence-electron chi connectivity index (χ2n) is 3.96. The Morgan fingerprint density at radius 1 is 1.64 bits per heavy atom. The Morgan fingerprint density at radius 2 is 2.36 bits per heavy atom. The van der Waals surface area contributed by atoms with E-state index in [0.29, 0.717) is 13.2 Å². The number of nitrogens with one attached hydrogen (secondary N) is 1. The molecule has 1 rings (SSSR count). The number of rotatable bonds is 8. The molecule has 0 heterocycles. The van der Waals surface area contributed by atoms with E-state index >= 15 is 0 Å². The van der Waals surface area contributed by atoms with Crippen molar-refractivity contribution >= 4 is 5.97 Å². The van der Waals surface area contributed by atoms with Gasteiger partial charge in [0.2, 0.25) is 0 Å². The van der Waals surface area contributed by atoms with Gasteiger partial charge < -0.3 is 15.2 Å². The van der Waals surface area contributed by atoms with Crippen LogP contribution in [0.15, 0.2) is 0 Å². The lowest BCUT2D eigenvalue weighted by Crippen LogP contribution is -2.29. The molecule has 4 nitrogen and oxygen atoms in total. The molecule has 0 aromatic rings. The van der Waals surface area contributed by atoms with Crippen LogP contribution in [0.25, 0.3) is 0 Å². The van der Waals surface area contributed by atoms with Crippen molar-refractivity contribution in [2.24, 2.45) is 11.8 Å². The zero-order chi connectivity index (χ0) is 10.4. The van der Waals surface area contributed by atoms with Crippen LogP contribution in [0.2, 0.25) is 0 Å². The van der Waals surface area contributed by atoms with Crippen LogP contribution in [0, 0.1) is 11.8 Å². The maximum absolute atomic E-state index is 10.4. The van der Waals surface area contributed by atoms with Crippen LogP contribution in [0.4, 0.5) is 0 Å². The maximum atomic E-state index is 10.4. The Bertz CT molecular complexity index is 180. The van der Waals surface area contributed by atoms with Crippen LogP contribution in [-0.4, -0.2) is 37.4 Å². The Hall–Kier alpha value is -0.610. The van der Waals surface area contributed by atoms with Gasteiger partial charge in [-0.25, -0.2) is 0 Å². The van der Waals surface area contributed by atoms with Gasteiger partial charge in [-0.2, -0.15) is 0 Å². The summed E-state index contributed by atoms with van der Waals surface area (Å²) >= 11 is 0. The molecule has 1 fully saturated rings. The molecule has 82 valence electrons. The minimum Gasteiger partial charge on any atom is -0.481 e. The summed E-state index contributed by atoms with van der Waals surface area (Å²) in [5.41, 5.74) is 0. The lowest BCUT2D eigenvalue weighted by Gasteiger charge is -2.08. The number of carbonyl (C=O) groups is 1. The third-order valence-corrected chi connectivity index (χ3v) is 2.35. The summed E-state index contributed by atoms with van der Waals surface area (Å²) in [7, 11) is 0. The van der Waals surface area contributed by atoms with E-state index in [4.69, 9.17) is 9.84 Å². The fourth-order valence-corrected chi connectivity index (χ4v) is 1.08. The summed E-state index contributed by atoms with van der Waals surface area (Å²) < 4.78 is 5.39. The first kappa shape index (κ1) is 11.5. The van der Waals surface area contributed by atoms with Crippen molar-refractivity contribution in [1.29, 1.82) is 0 Å². The second kappa shape index (κ2) is 5.98. The first-order valence-corrected chi connectivity index (χ1v) is 5.21. The molecule has 1 aliphatic rings. The summed E-state index contributed by atoms with van der Waals surface area (Å²) in [6, 6.07) is 0. The van der Waals surface area contributed by atoms with Crippen molar-refractivity contribution in [3.63, 3.8) is 0 Å². The molecule has 0 aliphatic heterocycles. The van der Waals surface area contributed by atoms with Crippen molar-refractivity contribution in [2.75, 3.05) is 26.3 Å². The lowest BCUT2D eigenvalue weighted by molar-refractivity contribution is -0.140. The summed E-state index contributed by atoms with van der Waals surface area (Å²) in [6.07, 6.45) is 2.62. The quantitative estimate of drug-likeness (QED) is 0.568. The Balaban J connectivity index is 1.80. The maximum Gasteiger partial charge on any atom is 0.307 e. The molecule has 0 spiro atoms. The fourth-order valence-electron chi connectivity index (χ4n) is 1.08. The van der Waals surface area contributed by atoms with Crippen LogP contribution in [0.1, 0.15) is 19.8 Å². The highest BCUT2D eigenvalue weighted by Crippen LogP contribution is 2.28. The van der Waals surface area contributed by atoms with Crippen LogP contribution in [0.5, 0.6) is 0 Å². The van der Waals surface area contributed by atoms with Crippen molar-refractivity contribution in [3.8, 4) is 0 Å². The van der Waals surface area contributed by atoms with Crippen LogP contribution in [-0.2, 0) is 9.53 Å². The Kier molecular flexibility index (Phi) is 4.90. The molecule has 0 amide bonds. The third kappa shape index (κ3) is 5.19. The van der Waals surface area contributed by atoms with Crippen LogP contribution in [0.3, 0.4) is 0 Å². The van der Waals surface area contributed by atoms with Gasteiger partial charge in [0, 0.05) is 19.7 Å². The topological polar surface area (TPSA) is 58.6 Å². The molecule has 14 heavy (non-hydrogen) atoms. The number of hydrogen-bond donors (Lipinski definition) is 2. The van der Waals surface area contributed by atoms with Crippen LogP contribution >= 0.6 is 0 Å². The zero-order valence-corrected chi connectivity index (χ0v) is 8.66. The smallest absolute Gasteiger partial charge is 0.307 e. The molecular formula is C10H19NO3. The predicted molar refractivity (Wildman–Crippen MR) is 53.2 cm³/mol. The third-order valence-electron chi connectivity index (χ3n) is 2.35. The van der Waals surface area contributed by atoms with Gasteiger partial charge in [0.05, 0.1) is 12.5 Å². The monoisotopic (exact) mass is 201 g/mol. The highest BCUT2D eigenvalue weighted by Gasteiger charge is 2.20. The second-order valence-corrected chi connectivity index (χ2v) is 3.96. The summed E-state index contributed by atoms with van der Waals surface area (Å²) in [5.74, 6) is -0.275. The van der Waals surface area contributed by atoms with E-state index in [1.54, 1.807) is 6.92 Å². The van der Waals surface area contributed by atoms with Gasteiger partial charge in [0.1, 0.15) is 0 Å². The van der Waals surface area contributed by atoms with Gasteiger partial charge >= 0.3 is 5.97 Å². The zero-order valence-electron chi connectivity index (χ0n) is 8.66. The lowest BCUT2D eigenvalue weighted by atomic mass is 10.2. The van der Waals surface area contributed by atoms with Crippen LogP contribution < -0.4 is 5.32 Å². The first-order chi connectivity index (χ1) is 6.70. The van der Waals surface area contributed by atoms with Gasteiger partial charge in [-0.3, -0.25) is 4.79 Å². The number of ether oxygens (including phenoxy) is 1. The molecule has 1 aliphatic carbocycles. The highest BCUT2D eigenvalue weighted by atomic mass is 16.5. The summed E-state index contributed by atoms with van der Waals surface area (Å²) in [5, 5.41) is 11.6. The van der Waals surface area contributed by atoms with E-state index in [9.17, 15) is 4.79 Å². The van der Waals surface area contributed by atoms with Gasteiger partial charge in [0.25, 0.3) is 0 Å². The van der Waals surface area contributed by atoms with E-state index in [0.717, 1.165) is 19.1 Å². The Morgan fingerprint density at radius 3 is 2.93 bits per heavy atom. The van der Waals surface area contributed by atoms with Gasteiger partial charge in [-0.1, -0.05) is 6.92 Å². The van der Waals surface area contributed by atoms with Crippen molar-refractivity contribution in [1.82, 2.24) is 5.32 Å². The number of hydrogen-bond acceptors (Lipinski definition) is 3. The summed E-state index contributed by atoms with van der Waals surface area (Å²) in [4.78, 5) is 10.4. The molecule has 0 aromatic carbocycles. The Labute approximate surface area is 84.6 Å². The molecule has 0 aromatic heterocycles. The summed E-state index contributed by atoms with van der Waals surface area (Å²) in [6.45, 7) is 4.51. The molecule has 0 radical (unpaired) electrons. The SMILES string of the molecule is CC(CNCCOCC1CC1)C(=O)O. The largest absolute Gasteiger partial charge is 0.481 e. The first-order valence-electron chi connectivity index (χ1n) is 5.21. The molecule has 1 unspecified atom stereocenters. The van der Waals surface area contributed by atoms with E-state index < -0.39 is 5.97 Å².